The van der Waals surface area contributed by atoms with Gasteiger partial charge in [0.15, 0.2) is 6.10 Å². The predicted molar refractivity (Wildman–Crippen MR) is 334 cm³/mol. The smallest absolute Gasteiger partial charge is 0.334 e. The van der Waals surface area contributed by atoms with Crippen molar-refractivity contribution in [1.82, 2.24) is 41.4 Å². The lowest BCUT2D eigenvalue weighted by Gasteiger charge is -2.34. The average Bonchev–Trinajstić information content (AvgIpc) is 3.51. The first-order valence-electron chi connectivity index (χ1n) is 29.7. The zero-order valence-corrected chi connectivity index (χ0v) is 54.4. The highest BCUT2D eigenvalue weighted by Crippen LogP contribution is 2.29. The van der Waals surface area contributed by atoms with Crippen LogP contribution in [0.4, 0.5) is 0 Å². The molecule has 0 radical (unpaired) electrons. The lowest BCUT2D eigenvalue weighted by molar-refractivity contribution is -0.154. The van der Waals surface area contributed by atoms with Crippen LogP contribution >= 0.6 is 33.2 Å². The van der Waals surface area contributed by atoms with Crippen LogP contribution in [0, 0.1) is 17.8 Å². The van der Waals surface area contributed by atoms with E-state index < -0.39 is 90.3 Å². The molecule has 0 saturated heterocycles. The van der Waals surface area contributed by atoms with E-state index in [-0.39, 0.29) is 81.3 Å². The van der Waals surface area contributed by atoms with E-state index in [9.17, 15) is 43.2 Å². The summed E-state index contributed by atoms with van der Waals surface area (Å²) in [5.41, 5.74) is 1.65. The molecular weight excluding hydrogens is 1160 g/mol. The number of aromatic nitrogens is 1. The minimum Gasteiger partial charge on any atom is -0.456 e. The number of cyclic esters (lactones) is 2. The summed E-state index contributed by atoms with van der Waals surface area (Å²) < 4.78 is 23.1. The maximum Gasteiger partial charge on any atom is 0.334 e. The first-order chi connectivity index (χ1) is 40.9. The second kappa shape index (κ2) is 40.4. The lowest BCUT2D eigenvalue weighted by Crippen LogP contribution is -2.58. The fourth-order valence-electron chi connectivity index (χ4n) is 8.95. The summed E-state index contributed by atoms with van der Waals surface area (Å²) in [5.74, 6) is -5.17. The molecule has 5 N–H and O–H groups in total. The first kappa shape index (κ1) is 74.2. The Morgan fingerprint density at radius 2 is 1.55 bits per heavy atom. The number of pyridine rings is 1. The standard InChI is InChI=1S/C62H93ClN8O13S2/c1-12-41(5)55-58(76)67-45(9)62(80)84-56(42(6)13-2)43(7)19-18-20-44(8)61(79)83-50(37-40(3)4)57(75)68-48(59(77)71(11)49(38-46-23-25-47(63)26-24-46)60(78)70(10)39-53(74)69-55)21-14-16-29-64-51(72)27-32-81-34-35-82-33-31-65-52(73)28-36-85-86-54-22-15-17-30-66-54/h13,15,17,20,22-26,30,40-41,43,45,48-50,55-56H,12,14,16,18-19,21,27-29,31-39H2,1-11H3,(H,64,72)(H,65,73)(H,67,76)(H,68,75)(H,69,74)/b42-13+,44-20+/t41-,43+,45-,48+,49-,50-,55+,56-/m1/s1. The number of likely N-dealkylation sites (N-methyl/N-ethyl adjacent to an activating group) is 2. The van der Waals surface area contributed by atoms with Crippen LogP contribution in [0.1, 0.15) is 126 Å². The van der Waals surface area contributed by atoms with Gasteiger partial charge in [0.2, 0.25) is 35.4 Å². The number of hydrogen-bond acceptors (Lipinski definition) is 16. The molecule has 1 aromatic carbocycles. The molecular formula is C62H93ClN8O13S2. The van der Waals surface area contributed by atoms with Crippen molar-refractivity contribution >= 4 is 86.5 Å². The number of hydrogen-bond donors (Lipinski definition) is 5. The van der Waals surface area contributed by atoms with Crippen LogP contribution in [0.5, 0.6) is 0 Å². The van der Waals surface area contributed by atoms with Crippen LogP contribution in [-0.4, -0.2) is 170 Å². The van der Waals surface area contributed by atoms with E-state index in [1.54, 1.807) is 61.2 Å². The molecule has 3 rings (SSSR count). The Kier molecular flexibility index (Phi) is 34.9. The van der Waals surface area contributed by atoms with Crippen molar-refractivity contribution in [2.24, 2.45) is 17.8 Å². The number of nitrogens with one attached hydrogen (secondary N) is 5. The Morgan fingerprint density at radius 3 is 2.21 bits per heavy atom. The fourth-order valence-corrected chi connectivity index (χ4v) is 10.9. The van der Waals surface area contributed by atoms with E-state index in [0.29, 0.717) is 68.0 Å². The number of rotatable bonds is 26. The molecule has 478 valence electrons. The largest absolute Gasteiger partial charge is 0.456 e. The minimum absolute atomic E-state index is 0.0282. The van der Waals surface area contributed by atoms with Crippen molar-refractivity contribution < 1.29 is 62.1 Å². The Hall–Kier alpha value is -6.01. The number of benzene rings is 1. The topological polar surface area (TPSA) is 270 Å². The normalized spacial score (nSPS) is 22.4. The van der Waals surface area contributed by atoms with Gasteiger partial charge in [-0.1, -0.05) is 93.8 Å². The molecule has 1 aliphatic heterocycles. The van der Waals surface area contributed by atoms with Crippen molar-refractivity contribution in [2.75, 3.05) is 65.9 Å². The molecule has 24 heteroatoms. The molecule has 86 heavy (non-hydrogen) atoms. The number of nitrogens with zero attached hydrogens (tertiary/aromatic N) is 3. The van der Waals surface area contributed by atoms with Crippen molar-refractivity contribution in [3.05, 3.63) is 82.5 Å². The van der Waals surface area contributed by atoms with E-state index in [1.807, 2.05) is 65.8 Å². The predicted octanol–water partition coefficient (Wildman–Crippen LogP) is 6.95. The van der Waals surface area contributed by atoms with Gasteiger partial charge >= 0.3 is 11.9 Å². The maximum absolute atomic E-state index is 15.0. The zero-order valence-electron chi connectivity index (χ0n) is 52.0. The number of halogens is 1. The van der Waals surface area contributed by atoms with Crippen LogP contribution in [0.2, 0.25) is 5.02 Å². The Balaban J connectivity index is 1.80. The molecule has 1 aromatic heterocycles. The molecule has 0 unspecified atom stereocenters. The third-order valence-corrected chi connectivity index (χ3v) is 17.0. The minimum atomic E-state index is -1.31. The van der Waals surface area contributed by atoms with Gasteiger partial charge in [-0.3, -0.25) is 33.6 Å². The second-order valence-electron chi connectivity index (χ2n) is 22.1. The molecule has 21 nitrogen and oxygen atoms in total. The average molecular weight is 1260 g/mol. The maximum atomic E-state index is 15.0. The Bertz CT molecular complexity index is 2560. The van der Waals surface area contributed by atoms with Crippen LogP contribution in [0.25, 0.3) is 0 Å². The monoisotopic (exact) mass is 1260 g/mol. The second-order valence-corrected chi connectivity index (χ2v) is 24.9. The quantitative estimate of drug-likeness (QED) is 0.0276. The number of esters is 2. The van der Waals surface area contributed by atoms with Gasteiger partial charge in [-0.25, -0.2) is 14.6 Å². The molecule has 0 aliphatic carbocycles. The van der Waals surface area contributed by atoms with E-state index in [1.165, 1.54) is 36.7 Å². The van der Waals surface area contributed by atoms with Crippen LogP contribution in [0.15, 0.2) is 77.0 Å². The Labute approximate surface area is 521 Å². The third kappa shape index (κ3) is 27.8. The highest BCUT2D eigenvalue weighted by atomic mass is 35.5. The van der Waals surface area contributed by atoms with Gasteiger partial charge < -0.3 is 55.3 Å². The van der Waals surface area contributed by atoms with E-state index in [0.717, 1.165) is 15.5 Å². The van der Waals surface area contributed by atoms with Crippen molar-refractivity contribution in [1.29, 1.82) is 0 Å². The first-order valence-corrected chi connectivity index (χ1v) is 32.4. The number of unbranched alkanes of at least 4 members (excludes halogenated alkanes) is 1. The molecule has 1 aliphatic rings. The summed E-state index contributed by atoms with van der Waals surface area (Å²) >= 11 is 6.24. The summed E-state index contributed by atoms with van der Waals surface area (Å²) in [5, 5.41) is 15.4. The van der Waals surface area contributed by atoms with Gasteiger partial charge in [0.25, 0.3) is 5.91 Å². The van der Waals surface area contributed by atoms with Crippen LogP contribution in [0.3, 0.4) is 0 Å². The number of allylic oxidation sites excluding steroid dienone is 2. The summed E-state index contributed by atoms with van der Waals surface area (Å²) in [6.07, 6.45) is 5.93. The molecule has 2 heterocycles. The SMILES string of the molecule is C/C=C(\C)[C@H]1OC(=O)[C@@H](C)NC(=O)[C@H]([C@H](C)CC)NC(=O)CN(C)C(=O)[C@@H](Cc2ccc(Cl)cc2)N(C)C(=O)[C@H](CCCCNC(=O)CCOCCOCCNC(=O)CCSSc2ccccn2)NC(=O)[C@@H](CC(C)C)OC(=O)/C(C)=C/CC[C@@H]1C. The van der Waals surface area contributed by atoms with Crippen LogP contribution < -0.4 is 26.6 Å². The highest BCUT2D eigenvalue weighted by Gasteiger charge is 2.37. The van der Waals surface area contributed by atoms with Crippen molar-refractivity contribution in [3.63, 3.8) is 0 Å². The van der Waals surface area contributed by atoms with E-state index >= 15 is 0 Å². The molecule has 2 aromatic rings. The van der Waals surface area contributed by atoms with Gasteiger partial charge in [0, 0.05) is 69.0 Å². The summed E-state index contributed by atoms with van der Waals surface area (Å²) in [6.45, 7) is 17.1. The summed E-state index contributed by atoms with van der Waals surface area (Å²) in [7, 11) is 5.92. The number of amides is 7. The van der Waals surface area contributed by atoms with Gasteiger partial charge in [-0.05, 0) is 130 Å². The highest BCUT2D eigenvalue weighted by molar-refractivity contribution is 8.76. The van der Waals surface area contributed by atoms with Crippen molar-refractivity contribution in [2.45, 2.75) is 168 Å². The van der Waals surface area contributed by atoms with Gasteiger partial charge in [-0.2, -0.15) is 0 Å². The third-order valence-electron chi connectivity index (χ3n) is 14.5. The summed E-state index contributed by atoms with van der Waals surface area (Å²) in [4.78, 5) is 131. The van der Waals surface area contributed by atoms with Gasteiger partial charge in [0.1, 0.15) is 35.3 Å². The molecule has 0 saturated carbocycles. The molecule has 0 fully saturated rings. The van der Waals surface area contributed by atoms with Gasteiger partial charge in [0.05, 0.1) is 33.0 Å². The van der Waals surface area contributed by atoms with Gasteiger partial charge in [-0.15, -0.1) is 0 Å². The molecule has 7 amide bonds. The molecule has 8 atom stereocenters. The number of ether oxygens (including phenoxy) is 4. The van der Waals surface area contributed by atoms with E-state index in [2.05, 4.69) is 31.6 Å². The Morgan fingerprint density at radius 1 is 0.860 bits per heavy atom. The van der Waals surface area contributed by atoms with Crippen molar-refractivity contribution in [3.8, 4) is 0 Å². The number of carbonyl (C=O) groups is 9. The molecule has 0 bridgehead atoms. The summed E-state index contributed by atoms with van der Waals surface area (Å²) in [6, 6.07) is 7.69. The van der Waals surface area contributed by atoms with E-state index in [4.69, 9.17) is 30.5 Å². The number of carbonyl (C=O) groups excluding carboxylic acids is 9. The molecule has 0 spiro atoms. The zero-order chi connectivity index (χ0) is 63.7. The lowest BCUT2D eigenvalue weighted by atomic mass is 9.93. The van der Waals surface area contributed by atoms with Crippen LogP contribution in [-0.2, 0) is 68.5 Å². The fraction of sp³-hybridized carbons (Fsp3) is 0.613.